The first-order chi connectivity index (χ1) is 21.7. The number of rotatable bonds is 18. The van der Waals surface area contributed by atoms with E-state index in [4.69, 9.17) is 31.7 Å². The molecule has 3 atom stereocenters. The second-order valence-electron chi connectivity index (χ2n) is 11.2. The van der Waals surface area contributed by atoms with Gasteiger partial charge in [0.15, 0.2) is 11.5 Å². The average molecular weight is 678 g/mol. The Morgan fingerprint density at radius 1 is 0.600 bits per heavy atom. The van der Waals surface area contributed by atoms with Crippen LogP contribution in [0.3, 0.4) is 0 Å². The first kappa shape index (κ1) is 35.8. The summed E-state index contributed by atoms with van der Waals surface area (Å²) >= 11 is 0. The molecular formula is C33H50N3O6P3+2. The lowest BCUT2D eigenvalue weighted by molar-refractivity contribution is 0.252. The molecule has 0 saturated carbocycles. The summed E-state index contributed by atoms with van der Waals surface area (Å²) in [4.78, 5) is 7.18. The van der Waals surface area contributed by atoms with E-state index in [1.165, 1.54) is 0 Å². The summed E-state index contributed by atoms with van der Waals surface area (Å²) in [6.45, 7) is 13.8. The zero-order valence-corrected chi connectivity index (χ0v) is 30.2. The van der Waals surface area contributed by atoms with Gasteiger partial charge in [-0.25, -0.2) is 0 Å². The fourth-order valence-electron chi connectivity index (χ4n) is 4.15. The first-order valence-electron chi connectivity index (χ1n) is 16.0. The molecule has 3 unspecified atom stereocenters. The normalized spacial score (nSPS) is 22.9. The highest BCUT2D eigenvalue weighted by molar-refractivity contribution is 7.88. The summed E-state index contributed by atoms with van der Waals surface area (Å²) in [5.41, 5.74) is 3.37. The highest BCUT2D eigenvalue weighted by Crippen LogP contribution is 2.80. The van der Waals surface area contributed by atoms with E-state index in [-0.39, 0.29) is 0 Å². The summed E-state index contributed by atoms with van der Waals surface area (Å²) < 4.78 is 45.8. The van der Waals surface area contributed by atoms with Crippen LogP contribution < -0.4 is 23.3 Å². The van der Waals surface area contributed by atoms with Crippen molar-refractivity contribution >= 4 is 23.7 Å². The Labute approximate surface area is 271 Å². The predicted molar refractivity (Wildman–Crippen MR) is 187 cm³/mol. The number of nitrogens with zero attached hydrogens (tertiary/aromatic N) is 1. The number of hydrogen-bond donors (Lipinski definition) is 2. The molecule has 0 spiro atoms. The second-order valence-corrected chi connectivity index (χ2v) is 18.0. The van der Waals surface area contributed by atoms with Crippen LogP contribution in [0.4, 0.5) is 0 Å². The molecule has 1 heterocycles. The number of unbranched alkanes of at least 4 members (excludes halogenated alkanes) is 3. The summed E-state index contributed by atoms with van der Waals surface area (Å²) in [5, 5.41) is 0. The van der Waals surface area contributed by atoms with Gasteiger partial charge in [-0.3, -0.25) is 13.6 Å². The van der Waals surface area contributed by atoms with Crippen molar-refractivity contribution in [2.45, 2.75) is 80.1 Å². The molecule has 246 valence electrons. The zero-order valence-electron chi connectivity index (χ0n) is 27.5. The molecule has 0 aromatic heterocycles. The van der Waals surface area contributed by atoms with E-state index in [0.29, 0.717) is 37.1 Å². The molecular weight excluding hydrogens is 627 g/mol. The van der Waals surface area contributed by atoms with E-state index < -0.39 is 23.7 Å². The summed E-state index contributed by atoms with van der Waals surface area (Å²) in [6, 6.07) is 23.6. The van der Waals surface area contributed by atoms with Gasteiger partial charge < -0.3 is 4.52 Å². The highest BCUT2D eigenvalue weighted by atomic mass is 31.3. The summed E-state index contributed by atoms with van der Waals surface area (Å²) in [5.74, 6) is 1.87. The van der Waals surface area contributed by atoms with Crippen molar-refractivity contribution in [3.8, 4) is 17.2 Å². The van der Waals surface area contributed by atoms with Crippen molar-refractivity contribution in [2.24, 2.45) is 4.52 Å². The number of nitrogens with one attached hydrogen (secondary N) is 2. The van der Waals surface area contributed by atoms with Gasteiger partial charge in [0.05, 0.1) is 24.7 Å². The van der Waals surface area contributed by atoms with Crippen LogP contribution in [0.1, 0.15) is 76.0 Å². The fraction of sp³-hybridized carbons (Fsp3) is 0.455. The lowest BCUT2D eigenvalue weighted by Crippen LogP contribution is -2.39. The number of benzene rings is 3. The van der Waals surface area contributed by atoms with Gasteiger partial charge in [0.1, 0.15) is 5.75 Å². The van der Waals surface area contributed by atoms with Crippen molar-refractivity contribution in [3.63, 3.8) is 0 Å². The highest BCUT2D eigenvalue weighted by Gasteiger charge is 2.72. The average Bonchev–Trinajstić information content (AvgIpc) is 3.01. The summed E-state index contributed by atoms with van der Waals surface area (Å²) in [7, 11) is -10.0. The minimum Gasteiger partial charge on any atom is -0.423 e. The molecule has 0 saturated heterocycles. The third-order valence-electron chi connectivity index (χ3n) is 6.81. The second kappa shape index (κ2) is 17.2. The smallest absolute Gasteiger partial charge is 0.423 e. The molecule has 4 rings (SSSR count). The van der Waals surface area contributed by atoms with E-state index in [2.05, 4.69) is 30.5 Å². The number of hydrogen-bond acceptors (Lipinski definition) is 9. The quantitative estimate of drug-likeness (QED) is 0.102. The largest absolute Gasteiger partial charge is 0.571 e. The lowest BCUT2D eigenvalue weighted by atomic mass is 10.2. The van der Waals surface area contributed by atoms with Crippen LogP contribution in [-0.2, 0) is 13.6 Å². The molecule has 0 bridgehead atoms. The van der Waals surface area contributed by atoms with Crippen LogP contribution in [0.5, 0.6) is 17.2 Å². The molecule has 2 N–H and O–H groups in total. The SMILES string of the molecule is CCCCOP1(Oc2ccc(C)cc2)=N[P+](OCCCC)(Oc2ccc(C)cc2)N[P+](OCCCC)(Oc2ccc(C)cc2)N1. The third kappa shape index (κ3) is 10.7. The van der Waals surface area contributed by atoms with E-state index in [9.17, 15) is 0 Å². The van der Waals surface area contributed by atoms with Gasteiger partial charge in [0.25, 0.3) is 0 Å². The van der Waals surface area contributed by atoms with Crippen molar-refractivity contribution in [2.75, 3.05) is 19.8 Å². The molecule has 1 aliphatic rings. The van der Waals surface area contributed by atoms with Crippen LogP contribution in [0.2, 0.25) is 0 Å². The molecule has 12 heteroatoms. The van der Waals surface area contributed by atoms with Gasteiger partial charge in [-0.15, -0.1) is 0 Å². The van der Waals surface area contributed by atoms with Gasteiger partial charge >= 0.3 is 23.7 Å². The number of aryl methyl sites for hydroxylation is 3. The van der Waals surface area contributed by atoms with Crippen LogP contribution >= 0.6 is 23.7 Å². The Morgan fingerprint density at radius 2 is 1.07 bits per heavy atom. The minimum absolute atomic E-state index is 0.422. The standard InChI is InChI=1S/C33H50N3O6P3/c1-7-10-25-37-43(40-31-19-13-28(4)14-20-31)34-44(38-26-11-8-2,41-32-21-15-29(5)16-22-32)36-45(35-43,39-27-12-9-3)42-33-23-17-30(6)18-24-33/h13-24,34-35H,7-12,25-27H2,1-6H3/q+2. The van der Waals surface area contributed by atoms with E-state index >= 15 is 0 Å². The zero-order chi connectivity index (χ0) is 32.2. The fourth-order valence-corrected chi connectivity index (χ4v) is 14.5. The lowest BCUT2D eigenvalue weighted by Gasteiger charge is -2.34. The molecule has 1 aliphatic heterocycles. The van der Waals surface area contributed by atoms with Gasteiger partial charge in [-0.05, 0) is 81.3 Å². The monoisotopic (exact) mass is 677 g/mol. The molecule has 0 amide bonds. The van der Waals surface area contributed by atoms with E-state index in [1.54, 1.807) is 0 Å². The van der Waals surface area contributed by atoms with Crippen molar-refractivity contribution in [3.05, 3.63) is 89.5 Å². The van der Waals surface area contributed by atoms with Crippen molar-refractivity contribution < 1.29 is 27.1 Å². The molecule has 3 aromatic rings. The maximum atomic E-state index is 6.82. The Balaban J connectivity index is 1.91. The van der Waals surface area contributed by atoms with Gasteiger partial charge in [-0.2, -0.15) is 9.05 Å². The summed E-state index contributed by atoms with van der Waals surface area (Å²) in [6.07, 6.45) is 5.33. The molecule has 9 nitrogen and oxygen atoms in total. The van der Waals surface area contributed by atoms with Crippen LogP contribution in [-0.4, -0.2) is 19.8 Å². The Kier molecular flexibility index (Phi) is 13.7. The molecule has 0 radical (unpaired) electrons. The van der Waals surface area contributed by atoms with Gasteiger partial charge in [0.2, 0.25) is 0 Å². The topological polar surface area (TPSA) is 91.8 Å². The van der Waals surface area contributed by atoms with Crippen molar-refractivity contribution in [1.82, 2.24) is 9.72 Å². The maximum Gasteiger partial charge on any atom is 0.571 e. The molecule has 0 aliphatic carbocycles. The molecule has 45 heavy (non-hydrogen) atoms. The predicted octanol–water partition coefficient (Wildman–Crippen LogP) is 11.1. The van der Waals surface area contributed by atoms with Gasteiger partial charge in [-0.1, -0.05) is 93.1 Å². The van der Waals surface area contributed by atoms with Crippen LogP contribution in [0.25, 0.3) is 0 Å². The van der Waals surface area contributed by atoms with Gasteiger partial charge in [0, 0.05) is 4.52 Å². The Bertz CT molecular complexity index is 1380. The first-order valence-corrected chi connectivity index (χ1v) is 20.7. The van der Waals surface area contributed by atoms with E-state index in [0.717, 1.165) is 55.2 Å². The van der Waals surface area contributed by atoms with E-state index in [1.807, 2.05) is 93.6 Å². The Hall–Kier alpha value is -2.05. The molecule has 3 aromatic carbocycles. The third-order valence-corrected chi connectivity index (χ3v) is 15.8. The van der Waals surface area contributed by atoms with Crippen LogP contribution in [0, 0.1) is 20.8 Å². The van der Waals surface area contributed by atoms with Crippen LogP contribution in [0.15, 0.2) is 77.3 Å². The molecule has 0 fully saturated rings. The maximum absolute atomic E-state index is 6.82. The Morgan fingerprint density at radius 3 is 1.60 bits per heavy atom. The minimum atomic E-state index is -3.38. The van der Waals surface area contributed by atoms with Crippen molar-refractivity contribution in [1.29, 1.82) is 0 Å².